The van der Waals surface area contributed by atoms with Gasteiger partial charge in [0, 0.05) is 11.3 Å². The van der Waals surface area contributed by atoms with E-state index in [2.05, 4.69) is 4.98 Å². The van der Waals surface area contributed by atoms with Gasteiger partial charge in [-0.25, -0.2) is 0 Å². The first-order chi connectivity index (χ1) is 8.25. The highest BCUT2D eigenvalue weighted by molar-refractivity contribution is 6.67. The minimum atomic E-state index is -0.513. The van der Waals surface area contributed by atoms with Crippen LogP contribution in [-0.2, 0) is 0 Å². The lowest BCUT2D eigenvalue weighted by Gasteiger charge is -2.03. The lowest BCUT2D eigenvalue weighted by Crippen LogP contribution is -1.93. The highest BCUT2D eigenvalue weighted by Crippen LogP contribution is 2.40. The number of halogens is 1. The lowest BCUT2D eigenvalue weighted by atomic mass is 10.1. The zero-order chi connectivity index (χ0) is 11.8. The number of aromatic nitrogens is 1. The van der Waals surface area contributed by atoms with Gasteiger partial charge in [-0.3, -0.25) is 4.79 Å². The SMILES string of the molecule is O=C(Cl)c1ccc(-c2cccc3c2OCO3)[nH]1. The largest absolute Gasteiger partial charge is 0.454 e. The van der Waals surface area contributed by atoms with Gasteiger partial charge in [0.25, 0.3) is 5.24 Å². The summed E-state index contributed by atoms with van der Waals surface area (Å²) in [6.45, 7) is 0.217. The van der Waals surface area contributed by atoms with Crippen LogP contribution in [0.25, 0.3) is 11.3 Å². The van der Waals surface area contributed by atoms with E-state index in [-0.39, 0.29) is 6.79 Å². The number of para-hydroxylation sites is 1. The molecule has 0 unspecified atom stereocenters. The molecule has 0 saturated heterocycles. The third-order valence-corrected chi connectivity index (χ3v) is 2.79. The van der Waals surface area contributed by atoms with E-state index in [1.54, 1.807) is 12.1 Å². The number of ether oxygens (including phenoxy) is 2. The molecule has 0 amide bonds. The van der Waals surface area contributed by atoms with E-state index in [0.717, 1.165) is 11.3 Å². The Bertz CT molecular complexity index is 591. The van der Waals surface area contributed by atoms with Gasteiger partial charge in [-0.2, -0.15) is 0 Å². The quantitative estimate of drug-likeness (QED) is 0.833. The molecule has 1 aliphatic rings. The van der Waals surface area contributed by atoms with Crippen molar-refractivity contribution in [3.63, 3.8) is 0 Å². The molecule has 3 rings (SSSR count). The first-order valence-corrected chi connectivity index (χ1v) is 5.41. The number of benzene rings is 1. The standard InChI is InChI=1S/C12H8ClNO3/c13-12(15)9-5-4-8(14-9)7-2-1-3-10-11(7)17-6-16-10/h1-5,14H,6H2. The van der Waals surface area contributed by atoms with Crippen molar-refractivity contribution >= 4 is 16.8 Å². The van der Waals surface area contributed by atoms with Gasteiger partial charge >= 0.3 is 0 Å². The maximum atomic E-state index is 11.0. The number of aromatic amines is 1. The molecule has 1 aliphatic heterocycles. The summed E-state index contributed by atoms with van der Waals surface area (Å²) in [4.78, 5) is 13.9. The second-order valence-electron chi connectivity index (χ2n) is 3.60. The maximum absolute atomic E-state index is 11.0. The van der Waals surface area contributed by atoms with Gasteiger partial charge in [-0.15, -0.1) is 0 Å². The second kappa shape index (κ2) is 3.82. The summed E-state index contributed by atoms with van der Waals surface area (Å²) in [6.07, 6.45) is 0. The third kappa shape index (κ3) is 1.66. The summed E-state index contributed by atoms with van der Waals surface area (Å²) in [5.74, 6) is 1.39. The topological polar surface area (TPSA) is 51.3 Å². The Morgan fingerprint density at radius 1 is 1.24 bits per heavy atom. The fourth-order valence-electron chi connectivity index (χ4n) is 1.81. The van der Waals surface area contributed by atoms with Crippen LogP contribution in [-0.4, -0.2) is 17.0 Å². The third-order valence-electron chi connectivity index (χ3n) is 2.58. The molecule has 1 aromatic heterocycles. The molecule has 0 spiro atoms. The van der Waals surface area contributed by atoms with Crippen molar-refractivity contribution in [3.05, 3.63) is 36.0 Å². The molecule has 1 N–H and O–H groups in total. The van der Waals surface area contributed by atoms with Crippen molar-refractivity contribution in [3.8, 4) is 22.8 Å². The number of carbonyl (C=O) groups excluding carboxylic acids is 1. The van der Waals surface area contributed by atoms with Gasteiger partial charge in [-0.1, -0.05) is 6.07 Å². The highest BCUT2D eigenvalue weighted by Gasteiger charge is 2.19. The maximum Gasteiger partial charge on any atom is 0.268 e. The van der Waals surface area contributed by atoms with E-state index in [1.807, 2.05) is 18.2 Å². The molecule has 86 valence electrons. The Morgan fingerprint density at radius 3 is 2.88 bits per heavy atom. The van der Waals surface area contributed by atoms with Crippen LogP contribution < -0.4 is 9.47 Å². The van der Waals surface area contributed by atoms with Gasteiger partial charge in [-0.05, 0) is 35.9 Å². The average molecular weight is 250 g/mol. The first kappa shape index (κ1) is 10.2. The first-order valence-electron chi connectivity index (χ1n) is 5.03. The van der Waals surface area contributed by atoms with Gasteiger partial charge in [0.05, 0.1) is 5.69 Å². The second-order valence-corrected chi connectivity index (χ2v) is 3.94. The number of nitrogens with one attached hydrogen (secondary N) is 1. The van der Waals surface area contributed by atoms with Crippen LogP contribution in [0.2, 0.25) is 0 Å². The summed E-state index contributed by atoms with van der Waals surface area (Å²) < 4.78 is 10.7. The van der Waals surface area contributed by atoms with Crippen molar-refractivity contribution < 1.29 is 14.3 Å². The highest BCUT2D eigenvalue weighted by atomic mass is 35.5. The van der Waals surface area contributed by atoms with Crippen molar-refractivity contribution in [1.29, 1.82) is 0 Å². The summed E-state index contributed by atoms with van der Waals surface area (Å²) >= 11 is 5.40. The minimum absolute atomic E-state index is 0.217. The van der Waals surface area contributed by atoms with Crippen molar-refractivity contribution in [2.45, 2.75) is 0 Å². The Balaban J connectivity index is 2.09. The molecule has 4 nitrogen and oxygen atoms in total. The molecular weight excluding hydrogens is 242 g/mol. The predicted molar refractivity (Wildman–Crippen MR) is 62.5 cm³/mol. The summed E-state index contributed by atoms with van der Waals surface area (Å²) in [5, 5.41) is -0.513. The summed E-state index contributed by atoms with van der Waals surface area (Å²) in [5.41, 5.74) is 1.98. The van der Waals surface area contributed by atoms with Crippen molar-refractivity contribution in [1.82, 2.24) is 4.98 Å². The van der Waals surface area contributed by atoms with Gasteiger partial charge in [0.1, 0.15) is 0 Å². The molecule has 5 heteroatoms. The molecule has 0 aliphatic carbocycles. The van der Waals surface area contributed by atoms with Gasteiger partial charge in [0.2, 0.25) is 6.79 Å². The number of hydrogen-bond donors (Lipinski definition) is 1. The molecule has 2 heterocycles. The van der Waals surface area contributed by atoms with E-state index in [4.69, 9.17) is 21.1 Å². The van der Waals surface area contributed by atoms with Crippen LogP contribution in [0.4, 0.5) is 0 Å². The summed E-state index contributed by atoms with van der Waals surface area (Å²) in [6, 6.07) is 9.02. The Hall–Kier alpha value is -1.94. The number of H-pyrrole nitrogens is 1. The van der Waals surface area contributed by atoms with E-state index in [1.165, 1.54) is 0 Å². The molecule has 0 saturated carbocycles. The smallest absolute Gasteiger partial charge is 0.268 e. The van der Waals surface area contributed by atoms with E-state index >= 15 is 0 Å². The molecule has 0 bridgehead atoms. The van der Waals surface area contributed by atoms with Crippen LogP contribution in [0.5, 0.6) is 11.5 Å². The fourth-order valence-corrected chi connectivity index (χ4v) is 1.92. The van der Waals surface area contributed by atoms with Gasteiger partial charge in [0.15, 0.2) is 11.5 Å². The van der Waals surface area contributed by atoms with Crippen molar-refractivity contribution in [2.75, 3.05) is 6.79 Å². The fraction of sp³-hybridized carbons (Fsp3) is 0.0833. The number of carbonyl (C=O) groups is 1. The zero-order valence-electron chi connectivity index (χ0n) is 8.70. The number of rotatable bonds is 2. The van der Waals surface area contributed by atoms with Crippen LogP contribution in [0.1, 0.15) is 10.5 Å². The predicted octanol–water partition coefficient (Wildman–Crippen LogP) is 2.79. The molecule has 17 heavy (non-hydrogen) atoms. The Kier molecular flexibility index (Phi) is 2.30. The lowest BCUT2D eigenvalue weighted by molar-refractivity contribution is 0.107. The van der Waals surface area contributed by atoms with Crippen LogP contribution in [0.3, 0.4) is 0 Å². The van der Waals surface area contributed by atoms with E-state index in [9.17, 15) is 4.79 Å². The molecule has 1 aromatic carbocycles. The summed E-state index contributed by atoms with van der Waals surface area (Å²) in [7, 11) is 0. The van der Waals surface area contributed by atoms with E-state index in [0.29, 0.717) is 17.2 Å². The molecular formula is C12H8ClNO3. The van der Waals surface area contributed by atoms with Crippen LogP contribution >= 0.6 is 11.6 Å². The van der Waals surface area contributed by atoms with Gasteiger partial charge < -0.3 is 14.5 Å². The number of fused-ring (bicyclic) bond motifs is 1. The van der Waals surface area contributed by atoms with Crippen molar-refractivity contribution in [2.24, 2.45) is 0 Å². The monoisotopic (exact) mass is 249 g/mol. The average Bonchev–Trinajstić information content (AvgIpc) is 2.97. The minimum Gasteiger partial charge on any atom is -0.454 e. The molecule has 0 atom stereocenters. The Morgan fingerprint density at radius 2 is 2.12 bits per heavy atom. The Labute approximate surface area is 102 Å². The molecule has 0 radical (unpaired) electrons. The normalized spacial score (nSPS) is 12.8. The number of hydrogen-bond acceptors (Lipinski definition) is 3. The zero-order valence-corrected chi connectivity index (χ0v) is 9.45. The molecule has 0 fully saturated rings. The molecule has 2 aromatic rings. The van der Waals surface area contributed by atoms with Crippen LogP contribution in [0, 0.1) is 0 Å². The van der Waals surface area contributed by atoms with Crippen LogP contribution in [0.15, 0.2) is 30.3 Å². The van der Waals surface area contributed by atoms with E-state index < -0.39 is 5.24 Å².